The van der Waals surface area contributed by atoms with E-state index < -0.39 is 0 Å². The molecule has 4 aromatic rings. The quantitative estimate of drug-likeness (QED) is 0.452. The molecule has 146 valence electrons. The van der Waals surface area contributed by atoms with Gasteiger partial charge in [-0.3, -0.25) is 0 Å². The number of fused-ring (bicyclic) bond motifs is 1. The molecule has 0 saturated heterocycles. The fourth-order valence-electron chi connectivity index (χ4n) is 3.18. The largest absolute Gasteiger partial charge is 0.497 e. The summed E-state index contributed by atoms with van der Waals surface area (Å²) in [5.74, 6) is 2.34. The fraction of sp³-hybridized carbons (Fsp3) is 0.167. The Balaban J connectivity index is 1.47. The monoisotopic (exact) mass is 384 g/mol. The van der Waals surface area contributed by atoms with Crippen molar-refractivity contribution in [1.29, 1.82) is 0 Å². The SMILES string of the molecule is COc1ccc(CCNc2nc(NCc3ccccc3)c3ccccc3n2)cc1. The molecule has 0 aliphatic rings. The number of anilines is 2. The molecule has 0 radical (unpaired) electrons. The Morgan fingerprint density at radius 3 is 2.31 bits per heavy atom. The topological polar surface area (TPSA) is 59.1 Å². The van der Waals surface area contributed by atoms with Gasteiger partial charge in [-0.05, 0) is 41.8 Å². The molecular formula is C24H24N4O. The molecule has 2 N–H and O–H groups in total. The van der Waals surface area contributed by atoms with Crippen LogP contribution >= 0.6 is 0 Å². The number of hydrogen-bond acceptors (Lipinski definition) is 5. The summed E-state index contributed by atoms with van der Waals surface area (Å²) in [6, 6.07) is 26.5. The van der Waals surface area contributed by atoms with Crippen molar-refractivity contribution in [2.75, 3.05) is 24.3 Å². The van der Waals surface area contributed by atoms with Crippen LogP contribution in [0.5, 0.6) is 5.75 Å². The van der Waals surface area contributed by atoms with Crippen molar-refractivity contribution in [2.24, 2.45) is 0 Å². The van der Waals surface area contributed by atoms with Gasteiger partial charge >= 0.3 is 0 Å². The van der Waals surface area contributed by atoms with Crippen molar-refractivity contribution >= 4 is 22.7 Å². The van der Waals surface area contributed by atoms with Crippen molar-refractivity contribution in [1.82, 2.24) is 9.97 Å². The van der Waals surface area contributed by atoms with Crippen molar-refractivity contribution in [3.63, 3.8) is 0 Å². The summed E-state index contributed by atoms with van der Waals surface area (Å²) in [6.45, 7) is 1.47. The zero-order valence-corrected chi connectivity index (χ0v) is 16.4. The van der Waals surface area contributed by atoms with E-state index in [1.807, 2.05) is 54.6 Å². The number of aromatic nitrogens is 2. The van der Waals surface area contributed by atoms with Gasteiger partial charge in [0.25, 0.3) is 0 Å². The second-order valence-corrected chi connectivity index (χ2v) is 6.78. The van der Waals surface area contributed by atoms with Gasteiger partial charge < -0.3 is 15.4 Å². The van der Waals surface area contributed by atoms with E-state index in [1.165, 1.54) is 11.1 Å². The van der Waals surface area contributed by atoms with E-state index in [4.69, 9.17) is 9.72 Å². The molecule has 0 atom stereocenters. The van der Waals surface area contributed by atoms with Gasteiger partial charge in [0.2, 0.25) is 5.95 Å². The summed E-state index contributed by atoms with van der Waals surface area (Å²) in [6.07, 6.45) is 0.882. The van der Waals surface area contributed by atoms with Crippen molar-refractivity contribution in [3.05, 3.63) is 90.0 Å². The number of methoxy groups -OCH3 is 1. The second kappa shape index (κ2) is 9.06. The minimum absolute atomic E-state index is 0.632. The molecule has 0 amide bonds. The molecule has 0 aliphatic carbocycles. The average Bonchev–Trinajstić information content (AvgIpc) is 2.78. The predicted octanol–water partition coefficient (Wildman–Crippen LogP) is 4.91. The van der Waals surface area contributed by atoms with Gasteiger partial charge in [0.05, 0.1) is 12.6 Å². The van der Waals surface area contributed by atoms with E-state index in [1.54, 1.807) is 7.11 Å². The standard InChI is InChI=1S/C24H24N4O/c1-29-20-13-11-18(12-14-20)15-16-25-24-27-22-10-6-5-9-21(22)23(28-24)26-17-19-7-3-2-4-8-19/h2-14H,15-17H2,1H3,(H2,25,26,27,28). The van der Waals surface area contributed by atoms with Gasteiger partial charge in [-0.25, -0.2) is 4.98 Å². The van der Waals surface area contributed by atoms with E-state index in [0.29, 0.717) is 12.5 Å². The summed E-state index contributed by atoms with van der Waals surface area (Å²) in [7, 11) is 1.68. The highest BCUT2D eigenvalue weighted by atomic mass is 16.5. The molecule has 0 bridgehead atoms. The third-order valence-electron chi connectivity index (χ3n) is 4.76. The molecule has 0 fully saturated rings. The van der Waals surface area contributed by atoms with Crippen LogP contribution in [0.4, 0.5) is 11.8 Å². The van der Waals surface area contributed by atoms with Crippen molar-refractivity contribution in [3.8, 4) is 5.75 Å². The first-order chi connectivity index (χ1) is 14.3. The van der Waals surface area contributed by atoms with Gasteiger partial charge in [-0.2, -0.15) is 4.98 Å². The number of hydrogen-bond donors (Lipinski definition) is 2. The maximum atomic E-state index is 5.21. The number of benzene rings is 3. The van der Waals surface area contributed by atoms with Crippen LogP contribution in [0.25, 0.3) is 10.9 Å². The maximum absolute atomic E-state index is 5.21. The van der Waals surface area contributed by atoms with Crippen molar-refractivity contribution < 1.29 is 4.74 Å². The first kappa shape index (κ1) is 18.7. The summed E-state index contributed by atoms with van der Waals surface area (Å²) >= 11 is 0. The molecule has 3 aromatic carbocycles. The smallest absolute Gasteiger partial charge is 0.225 e. The summed E-state index contributed by atoms with van der Waals surface area (Å²) in [4.78, 5) is 9.39. The van der Waals surface area contributed by atoms with Gasteiger partial charge in [0.1, 0.15) is 11.6 Å². The number of nitrogens with one attached hydrogen (secondary N) is 2. The highest BCUT2D eigenvalue weighted by Crippen LogP contribution is 2.22. The summed E-state index contributed by atoms with van der Waals surface area (Å²) in [5.41, 5.74) is 3.37. The lowest BCUT2D eigenvalue weighted by molar-refractivity contribution is 0.414. The lowest BCUT2D eigenvalue weighted by atomic mass is 10.1. The first-order valence-corrected chi connectivity index (χ1v) is 9.73. The number of nitrogens with zero attached hydrogens (tertiary/aromatic N) is 2. The Bertz CT molecular complexity index is 1070. The third kappa shape index (κ3) is 4.82. The molecule has 0 saturated carbocycles. The van der Waals surface area contributed by atoms with Gasteiger partial charge in [-0.15, -0.1) is 0 Å². The molecule has 0 spiro atoms. The zero-order chi connectivity index (χ0) is 19.9. The molecule has 29 heavy (non-hydrogen) atoms. The Morgan fingerprint density at radius 1 is 0.759 bits per heavy atom. The van der Waals surface area contributed by atoms with Gasteiger partial charge in [0, 0.05) is 18.5 Å². The average molecular weight is 384 g/mol. The van der Waals surface area contributed by atoms with E-state index >= 15 is 0 Å². The molecule has 1 aromatic heterocycles. The Kier molecular flexibility index (Phi) is 5.86. The van der Waals surface area contributed by atoms with E-state index in [0.717, 1.165) is 35.4 Å². The minimum atomic E-state index is 0.632. The van der Waals surface area contributed by atoms with Crippen LogP contribution in [-0.4, -0.2) is 23.6 Å². The molecule has 1 heterocycles. The van der Waals surface area contributed by atoms with Gasteiger partial charge in [-0.1, -0.05) is 54.6 Å². The third-order valence-corrected chi connectivity index (χ3v) is 4.76. The van der Waals surface area contributed by atoms with E-state index in [9.17, 15) is 0 Å². The van der Waals surface area contributed by atoms with Crippen LogP contribution in [0.1, 0.15) is 11.1 Å². The minimum Gasteiger partial charge on any atom is -0.497 e. The second-order valence-electron chi connectivity index (χ2n) is 6.78. The number of ether oxygens (including phenoxy) is 1. The summed E-state index contributed by atoms with van der Waals surface area (Å²) in [5, 5.41) is 7.84. The molecule has 0 unspecified atom stereocenters. The fourth-order valence-corrected chi connectivity index (χ4v) is 3.18. The number of para-hydroxylation sites is 1. The van der Waals surface area contributed by atoms with Crippen LogP contribution in [0, 0.1) is 0 Å². The first-order valence-electron chi connectivity index (χ1n) is 9.73. The molecule has 4 rings (SSSR count). The van der Waals surface area contributed by atoms with Crippen LogP contribution in [-0.2, 0) is 13.0 Å². The molecular weight excluding hydrogens is 360 g/mol. The molecule has 0 aliphatic heterocycles. The predicted molar refractivity (Wildman–Crippen MR) is 118 cm³/mol. The highest BCUT2D eigenvalue weighted by Gasteiger charge is 2.07. The molecule has 5 heteroatoms. The Morgan fingerprint density at radius 2 is 1.52 bits per heavy atom. The number of rotatable bonds is 8. The van der Waals surface area contributed by atoms with E-state index in [2.05, 4.69) is 39.9 Å². The van der Waals surface area contributed by atoms with Crippen LogP contribution < -0.4 is 15.4 Å². The lowest BCUT2D eigenvalue weighted by Gasteiger charge is -2.12. The highest BCUT2D eigenvalue weighted by molar-refractivity contribution is 5.90. The van der Waals surface area contributed by atoms with E-state index in [-0.39, 0.29) is 0 Å². The van der Waals surface area contributed by atoms with Crippen LogP contribution in [0.2, 0.25) is 0 Å². The summed E-state index contributed by atoms with van der Waals surface area (Å²) < 4.78 is 5.21. The lowest BCUT2D eigenvalue weighted by Crippen LogP contribution is -2.10. The van der Waals surface area contributed by atoms with Gasteiger partial charge in [0.15, 0.2) is 0 Å². The zero-order valence-electron chi connectivity index (χ0n) is 16.4. The van der Waals surface area contributed by atoms with Crippen LogP contribution in [0.3, 0.4) is 0 Å². The Labute approximate surface area is 170 Å². The molecule has 5 nitrogen and oxygen atoms in total. The van der Waals surface area contributed by atoms with Crippen LogP contribution in [0.15, 0.2) is 78.9 Å². The maximum Gasteiger partial charge on any atom is 0.225 e. The van der Waals surface area contributed by atoms with Crippen molar-refractivity contribution in [2.45, 2.75) is 13.0 Å². The normalized spacial score (nSPS) is 10.7. The Hall–Kier alpha value is -3.60.